The fourth-order valence-electron chi connectivity index (χ4n) is 3.18. The van der Waals surface area contributed by atoms with Crippen molar-refractivity contribution in [3.05, 3.63) is 59.7 Å². The molecule has 1 amide bonds. The summed E-state index contributed by atoms with van der Waals surface area (Å²) in [6, 6.07) is 13.4. The van der Waals surface area contributed by atoms with Gasteiger partial charge in [-0.15, -0.1) is 0 Å². The Bertz CT molecular complexity index is 906. The number of sulfonamides is 1. The second kappa shape index (κ2) is 8.54. The fraction of sp³-hybridized carbons (Fsp3) is 0.350. The number of rotatable bonds is 6. The first-order valence-electron chi connectivity index (χ1n) is 9.02. The van der Waals surface area contributed by atoms with Gasteiger partial charge in [-0.1, -0.05) is 24.3 Å². The number of hydrogen-bond acceptors (Lipinski definition) is 4. The molecule has 0 aromatic heterocycles. The summed E-state index contributed by atoms with van der Waals surface area (Å²) in [4.78, 5) is 14.5. The number of nitrogens with zero attached hydrogens (tertiary/aromatic N) is 1. The van der Waals surface area contributed by atoms with Crippen molar-refractivity contribution >= 4 is 15.9 Å². The smallest absolute Gasteiger partial charge is 0.253 e. The highest BCUT2D eigenvalue weighted by Crippen LogP contribution is 2.19. The van der Waals surface area contributed by atoms with E-state index in [9.17, 15) is 13.2 Å². The Morgan fingerprint density at radius 1 is 1.07 bits per heavy atom. The number of benzene rings is 2. The van der Waals surface area contributed by atoms with Gasteiger partial charge in [0, 0.05) is 30.8 Å². The molecule has 2 aromatic carbocycles. The lowest BCUT2D eigenvalue weighted by atomic mass is 10.1. The molecule has 3 rings (SSSR count). The summed E-state index contributed by atoms with van der Waals surface area (Å²) < 4.78 is 33.2. The maximum atomic E-state index is 12.7. The number of carbonyl (C=O) groups is 1. The van der Waals surface area contributed by atoms with E-state index >= 15 is 0 Å². The lowest BCUT2D eigenvalue weighted by Crippen LogP contribution is -2.35. The van der Waals surface area contributed by atoms with E-state index in [0.717, 1.165) is 37.9 Å². The van der Waals surface area contributed by atoms with Crippen molar-refractivity contribution < 1.29 is 17.9 Å². The number of carbonyl (C=O) groups excluding carboxylic acids is 1. The second-order valence-electron chi connectivity index (χ2n) is 6.52. The molecule has 27 heavy (non-hydrogen) atoms. The second-order valence-corrected chi connectivity index (χ2v) is 8.28. The number of ether oxygens (including phenoxy) is 1. The van der Waals surface area contributed by atoms with E-state index in [1.807, 2.05) is 12.1 Å². The number of likely N-dealkylation sites (tertiary alicyclic amines) is 1. The van der Waals surface area contributed by atoms with Gasteiger partial charge in [0.05, 0.1) is 12.0 Å². The lowest BCUT2D eigenvalue weighted by molar-refractivity contribution is 0.0724. The van der Waals surface area contributed by atoms with E-state index in [4.69, 9.17) is 4.74 Å². The molecule has 0 unspecified atom stereocenters. The molecule has 144 valence electrons. The zero-order valence-electron chi connectivity index (χ0n) is 15.3. The Morgan fingerprint density at radius 2 is 1.81 bits per heavy atom. The quantitative estimate of drug-likeness (QED) is 0.826. The lowest BCUT2D eigenvalue weighted by Gasteiger charge is -2.26. The fourth-order valence-corrected chi connectivity index (χ4v) is 4.23. The molecule has 7 heteroatoms. The van der Waals surface area contributed by atoms with Crippen LogP contribution in [0.1, 0.15) is 35.2 Å². The molecule has 1 aliphatic rings. The van der Waals surface area contributed by atoms with Gasteiger partial charge in [-0.3, -0.25) is 4.79 Å². The Hall–Kier alpha value is -2.38. The van der Waals surface area contributed by atoms with Gasteiger partial charge in [0.1, 0.15) is 5.75 Å². The van der Waals surface area contributed by atoms with Crippen LogP contribution in [0, 0.1) is 0 Å². The molecular formula is C20H24N2O4S. The van der Waals surface area contributed by atoms with Crippen LogP contribution in [0.4, 0.5) is 0 Å². The van der Waals surface area contributed by atoms with Gasteiger partial charge in [0.25, 0.3) is 5.91 Å². The molecule has 1 heterocycles. The van der Waals surface area contributed by atoms with Crippen LogP contribution in [-0.4, -0.2) is 39.4 Å². The van der Waals surface area contributed by atoms with Crippen molar-refractivity contribution in [1.82, 2.24) is 9.62 Å². The van der Waals surface area contributed by atoms with Crippen LogP contribution in [0.25, 0.3) is 0 Å². The maximum absolute atomic E-state index is 12.7. The van der Waals surface area contributed by atoms with Crippen LogP contribution in [0.3, 0.4) is 0 Å². The van der Waals surface area contributed by atoms with Gasteiger partial charge in [-0.25, -0.2) is 13.1 Å². The maximum Gasteiger partial charge on any atom is 0.253 e. The van der Waals surface area contributed by atoms with Gasteiger partial charge >= 0.3 is 0 Å². The van der Waals surface area contributed by atoms with Gasteiger partial charge < -0.3 is 9.64 Å². The Morgan fingerprint density at radius 3 is 2.56 bits per heavy atom. The van der Waals surface area contributed by atoms with Crippen LogP contribution in [-0.2, 0) is 16.6 Å². The first-order chi connectivity index (χ1) is 13.0. The molecule has 1 N–H and O–H groups in total. The number of nitrogens with one attached hydrogen (secondary N) is 1. The summed E-state index contributed by atoms with van der Waals surface area (Å²) in [5.41, 5.74) is 1.14. The summed E-state index contributed by atoms with van der Waals surface area (Å²) >= 11 is 0. The van der Waals surface area contributed by atoms with E-state index in [-0.39, 0.29) is 17.3 Å². The zero-order valence-corrected chi connectivity index (χ0v) is 16.2. The topological polar surface area (TPSA) is 75.7 Å². The number of para-hydroxylation sites is 1. The normalized spacial score (nSPS) is 14.8. The minimum Gasteiger partial charge on any atom is -0.496 e. The van der Waals surface area contributed by atoms with E-state index in [1.165, 1.54) is 12.1 Å². The van der Waals surface area contributed by atoms with Crippen molar-refractivity contribution in [2.24, 2.45) is 0 Å². The molecule has 6 nitrogen and oxygen atoms in total. The first-order valence-corrected chi connectivity index (χ1v) is 10.5. The molecule has 0 aliphatic carbocycles. The number of amides is 1. The van der Waals surface area contributed by atoms with Crippen molar-refractivity contribution in [2.75, 3.05) is 20.2 Å². The third-order valence-electron chi connectivity index (χ3n) is 4.68. The average Bonchev–Trinajstić information content (AvgIpc) is 2.72. The summed E-state index contributed by atoms with van der Waals surface area (Å²) in [5.74, 6) is 0.505. The van der Waals surface area contributed by atoms with Gasteiger partial charge in [0.15, 0.2) is 0 Å². The monoisotopic (exact) mass is 388 g/mol. The van der Waals surface area contributed by atoms with Crippen molar-refractivity contribution in [1.29, 1.82) is 0 Å². The van der Waals surface area contributed by atoms with E-state index < -0.39 is 10.0 Å². The summed E-state index contributed by atoms with van der Waals surface area (Å²) in [5, 5.41) is 0. The summed E-state index contributed by atoms with van der Waals surface area (Å²) in [6.45, 7) is 1.56. The van der Waals surface area contributed by atoms with Crippen molar-refractivity contribution in [3.8, 4) is 5.75 Å². The predicted molar refractivity (Wildman–Crippen MR) is 103 cm³/mol. The minimum atomic E-state index is -3.75. The molecule has 1 aliphatic heterocycles. The third kappa shape index (κ3) is 4.67. The number of methoxy groups -OCH3 is 1. The molecule has 0 spiro atoms. The average molecular weight is 388 g/mol. The van der Waals surface area contributed by atoms with Crippen LogP contribution < -0.4 is 9.46 Å². The molecular weight excluding hydrogens is 364 g/mol. The van der Waals surface area contributed by atoms with Crippen LogP contribution in [0.2, 0.25) is 0 Å². The highest BCUT2D eigenvalue weighted by atomic mass is 32.2. The van der Waals surface area contributed by atoms with E-state index in [0.29, 0.717) is 11.3 Å². The van der Waals surface area contributed by atoms with Gasteiger partial charge in [0.2, 0.25) is 10.0 Å². The SMILES string of the molecule is COc1ccccc1CNS(=O)(=O)c1cccc(C(=O)N2CCCCC2)c1. The third-order valence-corrected chi connectivity index (χ3v) is 6.08. The first kappa shape index (κ1) is 19.4. The van der Waals surface area contributed by atoms with Crippen molar-refractivity contribution in [2.45, 2.75) is 30.7 Å². The predicted octanol–water partition coefficient (Wildman–Crippen LogP) is 2.80. The largest absolute Gasteiger partial charge is 0.496 e. The Balaban J connectivity index is 1.75. The van der Waals surface area contributed by atoms with Crippen LogP contribution in [0.5, 0.6) is 5.75 Å². The molecule has 0 saturated carbocycles. The summed E-state index contributed by atoms with van der Waals surface area (Å²) in [6.07, 6.45) is 3.11. The Kier molecular flexibility index (Phi) is 6.13. The molecule has 1 saturated heterocycles. The molecule has 1 fully saturated rings. The standard InChI is InChI=1S/C20H24N2O4S/c1-26-19-11-4-3-8-17(19)15-21-27(24,25)18-10-7-9-16(14-18)20(23)22-12-5-2-6-13-22/h3-4,7-11,14,21H,2,5-6,12-13,15H2,1H3. The van der Waals surface area contributed by atoms with Gasteiger partial charge in [-0.2, -0.15) is 0 Å². The molecule has 0 bridgehead atoms. The summed E-state index contributed by atoms with van der Waals surface area (Å²) in [7, 11) is -2.20. The molecule has 0 atom stereocenters. The highest BCUT2D eigenvalue weighted by molar-refractivity contribution is 7.89. The molecule has 2 aromatic rings. The van der Waals surface area contributed by atoms with E-state index in [1.54, 1.807) is 36.3 Å². The highest BCUT2D eigenvalue weighted by Gasteiger charge is 2.21. The zero-order chi connectivity index (χ0) is 19.3. The van der Waals surface area contributed by atoms with E-state index in [2.05, 4.69) is 4.72 Å². The molecule has 0 radical (unpaired) electrons. The Labute approximate surface area is 160 Å². The van der Waals surface area contributed by atoms with Crippen LogP contribution in [0.15, 0.2) is 53.4 Å². The number of piperidine rings is 1. The minimum absolute atomic E-state index is 0.0836. The number of hydrogen-bond donors (Lipinski definition) is 1. The van der Waals surface area contributed by atoms with Crippen LogP contribution >= 0.6 is 0 Å². The van der Waals surface area contributed by atoms with Gasteiger partial charge in [-0.05, 0) is 43.5 Å². The van der Waals surface area contributed by atoms with Crippen molar-refractivity contribution in [3.63, 3.8) is 0 Å².